The molecule has 3 aliphatic heterocycles. The standard InChI is InChI=1S/C22H35N3O2/c1-3-20-18-25(11-8-22(20)23-9-1)17-19-4-6-21(7-5-19)27-14-2-10-24-12-15-26-16-13-24/h4-7,20,22-23H,1-3,8-18H2/t20-,22+/m1/s1. The van der Waals surface area contributed by atoms with Gasteiger partial charge < -0.3 is 14.8 Å². The van der Waals surface area contributed by atoms with E-state index in [1.807, 2.05) is 0 Å². The van der Waals surface area contributed by atoms with Crippen molar-refractivity contribution in [1.29, 1.82) is 0 Å². The van der Waals surface area contributed by atoms with Crippen molar-refractivity contribution in [3.63, 3.8) is 0 Å². The summed E-state index contributed by atoms with van der Waals surface area (Å²) in [7, 11) is 0. The Morgan fingerprint density at radius 3 is 2.74 bits per heavy atom. The first-order valence-corrected chi connectivity index (χ1v) is 10.8. The summed E-state index contributed by atoms with van der Waals surface area (Å²) in [6.45, 7) is 10.5. The molecule has 27 heavy (non-hydrogen) atoms. The minimum absolute atomic E-state index is 0.767. The van der Waals surface area contributed by atoms with Crippen LogP contribution in [0.5, 0.6) is 5.75 Å². The Bertz CT molecular complexity index is 559. The fraction of sp³-hybridized carbons (Fsp3) is 0.727. The van der Waals surface area contributed by atoms with E-state index in [9.17, 15) is 0 Å². The van der Waals surface area contributed by atoms with Gasteiger partial charge in [0.25, 0.3) is 0 Å². The van der Waals surface area contributed by atoms with Crippen LogP contribution in [-0.2, 0) is 11.3 Å². The van der Waals surface area contributed by atoms with Crippen LogP contribution >= 0.6 is 0 Å². The topological polar surface area (TPSA) is 37.0 Å². The molecule has 3 aliphatic rings. The summed E-state index contributed by atoms with van der Waals surface area (Å²) in [4.78, 5) is 5.09. The monoisotopic (exact) mass is 373 g/mol. The molecule has 0 bridgehead atoms. The summed E-state index contributed by atoms with van der Waals surface area (Å²) in [5.41, 5.74) is 1.40. The predicted molar refractivity (Wildman–Crippen MR) is 108 cm³/mol. The molecule has 1 aromatic rings. The first kappa shape index (κ1) is 19.2. The molecule has 2 atom stereocenters. The van der Waals surface area contributed by atoms with E-state index >= 15 is 0 Å². The molecule has 0 unspecified atom stereocenters. The Labute approximate surface area is 164 Å². The Hall–Kier alpha value is -1.14. The van der Waals surface area contributed by atoms with Gasteiger partial charge in [0.1, 0.15) is 5.75 Å². The third-order valence-electron chi connectivity index (χ3n) is 6.30. The fourth-order valence-corrected chi connectivity index (χ4v) is 4.72. The van der Waals surface area contributed by atoms with Crippen LogP contribution in [0.2, 0.25) is 0 Å². The highest BCUT2D eigenvalue weighted by molar-refractivity contribution is 5.27. The highest BCUT2D eigenvalue weighted by Crippen LogP contribution is 2.26. The lowest BCUT2D eigenvalue weighted by atomic mass is 9.85. The molecule has 3 saturated heterocycles. The molecule has 0 aliphatic carbocycles. The number of hydrogen-bond donors (Lipinski definition) is 1. The number of piperidine rings is 2. The van der Waals surface area contributed by atoms with E-state index in [0.717, 1.165) is 70.1 Å². The van der Waals surface area contributed by atoms with Crippen molar-refractivity contribution >= 4 is 0 Å². The van der Waals surface area contributed by atoms with Gasteiger partial charge in [0, 0.05) is 38.8 Å². The minimum atomic E-state index is 0.767. The number of rotatable bonds is 7. The normalized spacial score (nSPS) is 27.3. The van der Waals surface area contributed by atoms with Crippen LogP contribution in [0, 0.1) is 5.92 Å². The van der Waals surface area contributed by atoms with Crippen LogP contribution in [-0.4, -0.2) is 74.9 Å². The minimum Gasteiger partial charge on any atom is -0.494 e. The van der Waals surface area contributed by atoms with E-state index in [4.69, 9.17) is 9.47 Å². The van der Waals surface area contributed by atoms with E-state index in [0.29, 0.717) is 0 Å². The second-order valence-corrected chi connectivity index (χ2v) is 8.29. The van der Waals surface area contributed by atoms with Crippen LogP contribution in [0.25, 0.3) is 0 Å². The Balaban J connectivity index is 1.16. The first-order valence-electron chi connectivity index (χ1n) is 10.8. The SMILES string of the molecule is c1cc(OCCCN2CCOCC2)ccc1CN1CC[C@@H]2NCCC[C@@H]2C1. The van der Waals surface area contributed by atoms with Gasteiger partial charge in [-0.05, 0) is 62.4 Å². The maximum Gasteiger partial charge on any atom is 0.119 e. The van der Waals surface area contributed by atoms with E-state index < -0.39 is 0 Å². The second kappa shape index (κ2) is 9.87. The van der Waals surface area contributed by atoms with Crippen molar-refractivity contribution in [1.82, 2.24) is 15.1 Å². The number of likely N-dealkylation sites (tertiary alicyclic amines) is 1. The maximum absolute atomic E-state index is 5.93. The summed E-state index contributed by atoms with van der Waals surface area (Å²) in [5, 5.41) is 3.71. The summed E-state index contributed by atoms with van der Waals surface area (Å²) >= 11 is 0. The summed E-state index contributed by atoms with van der Waals surface area (Å²) in [5.74, 6) is 1.84. The highest BCUT2D eigenvalue weighted by atomic mass is 16.5. The van der Waals surface area contributed by atoms with Crippen LogP contribution < -0.4 is 10.1 Å². The molecule has 0 saturated carbocycles. The number of nitrogens with zero attached hydrogens (tertiary/aromatic N) is 2. The molecule has 0 aromatic heterocycles. The van der Waals surface area contributed by atoms with Crippen LogP contribution in [0.1, 0.15) is 31.2 Å². The average Bonchev–Trinajstić information content (AvgIpc) is 2.73. The number of ether oxygens (including phenoxy) is 2. The lowest BCUT2D eigenvalue weighted by Gasteiger charge is -2.41. The molecule has 3 heterocycles. The third-order valence-corrected chi connectivity index (χ3v) is 6.30. The van der Waals surface area contributed by atoms with Gasteiger partial charge in [-0.2, -0.15) is 0 Å². The van der Waals surface area contributed by atoms with Crippen LogP contribution in [0.3, 0.4) is 0 Å². The quantitative estimate of drug-likeness (QED) is 0.743. The third kappa shape index (κ3) is 5.67. The molecular formula is C22H35N3O2. The molecule has 5 nitrogen and oxygen atoms in total. The van der Waals surface area contributed by atoms with Crippen molar-refractivity contribution < 1.29 is 9.47 Å². The maximum atomic E-state index is 5.93. The van der Waals surface area contributed by atoms with Gasteiger partial charge in [-0.15, -0.1) is 0 Å². The molecule has 1 aromatic carbocycles. The first-order chi connectivity index (χ1) is 13.4. The van der Waals surface area contributed by atoms with Crippen molar-refractivity contribution in [2.24, 2.45) is 5.92 Å². The molecule has 0 radical (unpaired) electrons. The predicted octanol–water partition coefficient (Wildman–Crippen LogP) is 2.36. The van der Waals surface area contributed by atoms with Crippen molar-refractivity contribution in [2.75, 3.05) is 59.1 Å². The lowest BCUT2D eigenvalue weighted by Crippen LogP contribution is -2.51. The number of benzene rings is 1. The molecule has 5 heteroatoms. The van der Waals surface area contributed by atoms with Crippen LogP contribution in [0.15, 0.2) is 24.3 Å². The van der Waals surface area contributed by atoms with Gasteiger partial charge in [0.2, 0.25) is 0 Å². The zero-order valence-electron chi connectivity index (χ0n) is 16.6. The Morgan fingerprint density at radius 1 is 1.04 bits per heavy atom. The fourth-order valence-electron chi connectivity index (χ4n) is 4.72. The smallest absolute Gasteiger partial charge is 0.119 e. The van der Waals surface area contributed by atoms with E-state index in [2.05, 4.69) is 39.4 Å². The lowest BCUT2D eigenvalue weighted by molar-refractivity contribution is 0.0358. The van der Waals surface area contributed by atoms with Gasteiger partial charge in [-0.1, -0.05) is 12.1 Å². The summed E-state index contributed by atoms with van der Waals surface area (Å²) in [6, 6.07) is 9.52. The Morgan fingerprint density at radius 2 is 1.89 bits per heavy atom. The molecule has 4 rings (SSSR count). The molecule has 150 valence electrons. The number of morpholine rings is 1. The van der Waals surface area contributed by atoms with Crippen molar-refractivity contribution in [3.8, 4) is 5.75 Å². The van der Waals surface area contributed by atoms with Gasteiger partial charge in [-0.25, -0.2) is 0 Å². The zero-order chi connectivity index (χ0) is 18.3. The molecule has 0 amide bonds. The molecule has 3 fully saturated rings. The number of nitrogens with one attached hydrogen (secondary N) is 1. The van der Waals surface area contributed by atoms with Gasteiger partial charge >= 0.3 is 0 Å². The van der Waals surface area contributed by atoms with Gasteiger partial charge in [0.05, 0.1) is 19.8 Å². The molecule has 0 spiro atoms. The second-order valence-electron chi connectivity index (χ2n) is 8.29. The molecular weight excluding hydrogens is 338 g/mol. The summed E-state index contributed by atoms with van der Waals surface area (Å²) in [6.07, 6.45) is 5.11. The largest absolute Gasteiger partial charge is 0.494 e. The molecule has 1 N–H and O–H groups in total. The Kier molecular flexibility index (Phi) is 7.02. The zero-order valence-corrected chi connectivity index (χ0v) is 16.6. The van der Waals surface area contributed by atoms with E-state index in [1.54, 1.807) is 0 Å². The van der Waals surface area contributed by atoms with Crippen molar-refractivity contribution in [2.45, 2.75) is 38.3 Å². The average molecular weight is 374 g/mol. The highest BCUT2D eigenvalue weighted by Gasteiger charge is 2.30. The van der Waals surface area contributed by atoms with Gasteiger partial charge in [-0.3, -0.25) is 9.80 Å². The van der Waals surface area contributed by atoms with E-state index in [-0.39, 0.29) is 0 Å². The van der Waals surface area contributed by atoms with Crippen molar-refractivity contribution in [3.05, 3.63) is 29.8 Å². The summed E-state index contributed by atoms with van der Waals surface area (Å²) < 4.78 is 11.3. The number of hydrogen-bond acceptors (Lipinski definition) is 5. The van der Waals surface area contributed by atoms with Crippen LogP contribution in [0.4, 0.5) is 0 Å². The van der Waals surface area contributed by atoms with E-state index in [1.165, 1.54) is 44.5 Å². The number of fused-ring (bicyclic) bond motifs is 1. The van der Waals surface area contributed by atoms with Gasteiger partial charge in [0.15, 0.2) is 0 Å².